The first-order valence-corrected chi connectivity index (χ1v) is 10.7. The van der Waals surface area contributed by atoms with Crippen LogP contribution in [0.3, 0.4) is 0 Å². The van der Waals surface area contributed by atoms with Crippen LogP contribution in [0, 0.1) is 11.6 Å². The molecule has 0 spiro atoms. The SMILES string of the molecule is CN(C)C(=O)[C@@H](Sc1nnc(-c2ccc(F)cc2)n1-c1ccc(F)cc1)c1ccccc1. The topological polar surface area (TPSA) is 51.0 Å². The Morgan fingerprint density at radius 1 is 0.875 bits per heavy atom. The van der Waals surface area contributed by atoms with Crippen molar-refractivity contribution in [3.63, 3.8) is 0 Å². The summed E-state index contributed by atoms with van der Waals surface area (Å²) >= 11 is 1.25. The molecule has 3 aromatic carbocycles. The molecule has 0 unspecified atom stereocenters. The minimum Gasteiger partial charge on any atom is -0.348 e. The Hall–Kier alpha value is -3.52. The maximum atomic E-state index is 13.6. The van der Waals surface area contributed by atoms with Gasteiger partial charge >= 0.3 is 0 Å². The molecule has 0 saturated carbocycles. The summed E-state index contributed by atoms with van der Waals surface area (Å²) < 4.78 is 28.8. The Morgan fingerprint density at radius 2 is 1.47 bits per heavy atom. The summed E-state index contributed by atoms with van der Waals surface area (Å²) in [7, 11) is 3.40. The number of halogens is 2. The van der Waals surface area contributed by atoms with E-state index in [1.807, 2.05) is 30.3 Å². The standard InChI is InChI=1S/C24H20F2N4OS/c1-29(2)23(31)21(16-6-4-3-5-7-16)32-24-28-27-22(17-8-10-18(25)11-9-17)30(24)20-14-12-19(26)13-15-20/h3-15,21H,1-2H3/t21-/m0/s1. The van der Waals surface area contributed by atoms with E-state index >= 15 is 0 Å². The maximum Gasteiger partial charge on any atom is 0.240 e. The van der Waals surface area contributed by atoms with E-state index in [4.69, 9.17) is 0 Å². The number of thioether (sulfide) groups is 1. The summed E-state index contributed by atoms with van der Waals surface area (Å²) in [6.07, 6.45) is 0. The second-order valence-electron chi connectivity index (χ2n) is 7.27. The van der Waals surface area contributed by atoms with Crippen LogP contribution in [0.4, 0.5) is 8.78 Å². The number of nitrogens with zero attached hydrogens (tertiary/aromatic N) is 4. The van der Waals surface area contributed by atoms with Crippen molar-refractivity contribution in [3.8, 4) is 17.1 Å². The number of rotatable bonds is 6. The Morgan fingerprint density at radius 3 is 2.06 bits per heavy atom. The van der Waals surface area contributed by atoms with E-state index in [0.29, 0.717) is 22.2 Å². The highest BCUT2D eigenvalue weighted by atomic mass is 32.2. The molecule has 0 aliphatic heterocycles. The number of likely N-dealkylation sites (N-methyl/N-ethyl adjacent to an activating group) is 1. The van der Waals surface area contributed by atoms with Gasteiger partial charge in [0.25, 0.3) is 0 Å². The van der Waals surface area contributed by atoms with Gasteiger partial charge < -0.3 is 4.90 Å². The molecule has 0 aliphatic rings. The summed E-state index contributed by atoms with van der Waals surface area (Å²) in [5, 5.41) is 8.55. The molecule has 0 fully saturated rings. The highest BCUT2D eigenvalue weighted by molar-refractivity contribution is 8.00. The number of amides is 1. The molecule has 1 heterocycles. The summed E-state index contributed by atoms with van der Waals surface area (Å²) in [5.41, 5.74) is 2.10. The summed E-state index contributed by atoms with van der Waals surface area (Å²) in [5.74, 6) is -0.373. The fourth-order valence-electron chi connectivity index (χ4n) is 3.18. The van der Waals surface area contributed by atoms with Crippen molar-refractivity contribution in [2.24, 2.45) is 0 Å². The molecule has 4 aromatic rings. The zero-order chi connectivity index (χ0) is 22.7. The second kappa shape index (κ2) is 9.32. The Kier molecular flexibility index (Phi) is 6.32. The molecule has 1 amide bonds. The average Bonchev–Trinajstić information content (AvgIpc) is 3.22. The first-order chi connectivity index (χ1) is 15.4. The minimum atomic E-state index is -0.560. The molecule has 162 valence electrons. The number of hydrogen-bond donors (Lipinski definition) is 0. The molecule has 0 aliphatic carbocycles. The van der Waals surface area contributed by atoms with Crippen LogP contribution in [-0.2, 0) is 4.79 Å². The molecule has 5 nitrogen and oxygen atoms in total. The minimum absolute atomic E-state index is 0.0989. The van der Waals surface area contributed by atoms with E-state index in [-0.39, 0.29) is 17.5 Å². The Labute approximate surface area is 188 Å². The normalized spacial score (nSPS) is 11.9. The van der Waals surface area contributed by atoms with Crippen molar-refractivity contribution in [1.82, 2.24) is 19.7 Å². The fourth-order valence-corrected chi connectivity index (χ4v) is 4.38. The Bertz CT molecular complexity index is 1210. The second-order valence-corrected chi connectivity index (χ2v) is 8.34. The smallest absolute Gasteiger partial charge is 0.240 e. The third kappa shape index (κ3) is 4.55. The molecule has 1 aromatic heterocycles. The number of aromatic nitrogens is 3. The fraction of sp³-hybridized carbons (Fsp3) is 0.125. The third-order valence-corrected chi connectivity index (χ3v) is 6.00. The number of benzene rings is 3. The van der Waals surface area contributed by atoms with Crippen LogP contribution in [0.2, 0.25) is 0 Å². The van der Waals surface area contributed by atoms with Gasteiger partial charge in [0.05, 0.1) is 0 Å². The summed E-state index contributed by atoms with van der Waals surface area (Å²) in [4.78, 5) is 14.5. The van der Waals surface area contributed by atoms with E-state index in [1.54, 1.807) is 42.9 Å². The van der Waals surface area contributed by atoms with E-state index in [0.717, 1.165) is 5.56 Å². The van der Waals surface area contributed by atoms with Crippen LogP contribution in [0.25, 0.3) is 17.1 Å². The van der Waals surface area contributed by atoms with Crippen molar-refractivity contribution >= 4 is 17.7 Å². The lowest BCUT2D eigenvalue weighted by atomic mass is 10.1. The van der Waals surface area contributed by atoms with Crippen LogP contribution in [0.15, 0.2) is 84.0 Å². The molecule has 4 rings (SSSR count). The molecule has 0 saturated heterocycles. The molecular weight excluding hydrogens is 430 g/mol. The highest BCUT2D eigenvalue weighted by Gasteiger charge is 2.27. The molecule has 0 bridgehead atoms. The van der Waals surface area contributed by atoms with Crippen molar-refractivity contribution in [2.45, 2.75) is 10.4 Å². The van der Waals surface area contributed by atoms with Crippen molar-refractivity contribution in [2.75, 3.05) is 14.1 Å². The predicted octanol–water partition coefficient (Wildman–Crippen LogP) is 5.13. The molecule has 32 heavy (non-hydrogen) atoms. The van der Waals surface area contributed by atoms with Gasteiger partial charge in [0.2, 0.25) is 5.91 Å². The van der Waals surface area contributed by atoms with Gasteiger partial charge in [-0.05, 0) is 54.1 Å². The lowest BCUT2D eigenvalue weighted by Crippen LogP contribution is -2.27. The quantitative estimate of drug-likeness (QED) is 0.382. The predicted molar refractivity (Wildman–Crippen MR) is 120 cm³/mol. The van der Waals surface area contributed by atoms with Crippen LogP contribution in [0.5, 0.6) is 0 Å². The molecule has 1 atom stereocenters. The van der Waals surface area contributed by atoms with Crippen LogP contribution < -0.4 is 0 Å². The van der Waals surface area contributed by atoms with Gasteiger partial charge in [-0.2, -0.15) is 0 Å². The van der Waals surface area contributed by atoms with Gasteiger partial charge in [0.15, 0.2) is 11.0 Å². The van der Waals surface area contributed by atoms with Crippen LogP contribution in [-0.4, -0.2) is 39.7 Å². The molecule has 8 heteroatoms. The average molecular weight is 451 g/mol. The van der Waals surface area contributed by atoms with E-state index in [2.05, 4.69) is 10.2 Å². The number of carbonyl (C=O) groups excluding carboxylic acids is 1. The van der Waals surface area contributed by atoms with Crippen molar-refractivity contribution < 1.29 is 13.6 Å². The summed E-state index contributed by atoms with van der Waals surface area (Å²) in [6, 6.07) is 21.2. The van der Waals surface area contributed by atoms with Crippen LogP contribution >= 0.6 is 11.8 Å². The number of carbonyl (C=O) groups is 1. The lowest BCUT2D eigenvalue weighted by Gasteiger charge is -2.20. The number of hydrogen-bond acceptors (Lipinski definition) is 4. The Balaban J connectivity index is 1.83. The van der Waals surface area contributed by atoms with E-state index in [1.165, 1.54) is 40.9 Å². The van der Waals surface area contributed by atoms with Gasteiger partial charge in [0, 0.05) is 25.3 Å². The monoisotopic (exact) mass is 450 g/mol. The van der Waals surface area contributed by atoms with Crippen LogP contribution in [0.1, 0.15) is 10.8 Å². The zero-order valence-corrected chi connectivity index (χ0v) is 18.3. The first-order valence-electron chi connectivity index (χ1n) is 9.84. The first kappa shape index (κ1) is 21.7. The van der Waals surface area contributed by atoms with Gasteiger partial charge in [-0.3, -0.25) is 9.36 Å². The van der Waals surface area contributed by atoms with Gasteiger partial charge in [-0.1, -0.05) is 42.1 Å². The lowest BCUT2D eigenvalue weighted by molar-refractivity contribution is -0.128. The van der Waals surface area contributed by atoms with Crippen molar-refractivity contribution in [1.29, 1.82) is 0 Å². The zero-order valence-electron chi connectivity index (χ0n) is 17.4. The molecular formula is C24H20F2N4OS. The van der Waals surface area contributed by atoms with Gasteiger partial charge in [0.1, 0.15) is 16.9 Å². The molecule has 0 radical (unpaired) electrons. The van der Waals surface area contributed by atoms with Gasteiger partial charge in [-0.15, -0.1) is 10.2 Å². The van der Waals surface area contributed by atoms with Crippen molar-refractivity contribution in [3.05, 3.63) is 96.1 Å². The maximum absolute atomic E-state index is 13.6. The van der Waals surface area contributed by atoms with E-state index in [9.17, 15) is 13.6 Å². The highest BCUT2D eigenvalue weighted by Crippen LogP contribution is 2.38. The third-order valence-electron chi connectivity index (χ3n) is 4.81. The summed E-state index contributed by atoms with van der Waals surface area (Å²) in [6.45, 7) is 0. The van der Waals surface area contributed by atoms with Gasteiger partial charge in [-0.25, -0.2) is 8.78 Å². The largest absolute Gasteiger partial charge is 0.348 e. The van der Waals surface area contributed by atoms with E-state index < -0.39 is 5.25 Å². The molecule has 0 N–H and O–H groups in total.